The molecule has 0 aliphatic carbocycles. The monoisotopic (exact) mass is 319 g/mol. The molecule has 0 bridgehead atoms. The van der Waals surface area contributed by atoms with Gasteiger partial charge in [0.2, 0.25) is 5.91 Å². The molecular formula is C12H14ClNO5S. The average molecular weight is 320 g/mol. The third-order valence-electron chi connectivity index (χ3n) is 2.97. The van der Waals surface area contributed by atoms with E-state index < -0.39 is 15.0 Å². The first-order valence-electron chi connectivity index (χ1n) is 5.91. The number of hydrogen-bond acceptors (Lipinski definition) is 5. The number of amides is 1. The lowest BCUT2D eigenvalue weighted by atomic mass is 10.0. The van der Waals surface area contributed by atoms with Crippen molar-refractivity contribution in [2.45, 2.75) is 10.8 Å². The van der Waals surface area contributed by atoms with Gasteiger partial charge in [-0.3, -0.25) is 4.79 Å². The van der Waals surface area contributed by atoms with Gasteiger partial charge in [-0.05, 0) is 18.2 Å². The number of rotatable bonds is 5. The fourth-order valence-corrected chi connectivity index (χ4v) is 2.75. The smallest absolute Gasteiger partial charge is 0.261 e. The summed E-state index contributed by atoms with van der Waals surface area (Å²) < 4.78 is 32.9. The molecule has 1 unspecified atom stereocenters. The number of halogens is 1. The second kappa shape index (κ2) is 5.99. The van der Waals surface area contributed by atoms with E-state index in [1.165, 1.54) is 25.3 Å². The van der Waals surface area contributed by atoms with Crippen LogP contribution in [0.1, 0.15) is 11.5 Å². The van der Waals surface area contributed by atoms with E-state index in [2.05, 4.69) is 5.32 Å². The fourth-order valence-electron chi connectivity index (χ4n) is 1.96. The first-order chi connectivity index (χ1) is 9.43. The number of hydrogen-bond donors (Lipinski definition) is 1. The van der Waals surface area contributed by atoms with Crippen molar-refractivity contribution in [2.75, 3.05) is 26.9 Å². The van der Waals surface area contributed by atoms with Crippen LogP contribution in [0, 0.1) is 0 Å². The predicted octanol–water partition coefficient (Wildman–Crippen LogP) is 0.853. The van der Waals surface area contributed by atoms with Crippen LogP contribution < -0.4 is 10.1 Å². The number of carbonyl (C=O) groups excluding carboxylic acids is 1. The van der Waals surface area contributed by atoms with E-state index in [1.807, 2.05) is 0 Å². The summed E-state index contributed by atoms with van der Waals surface area (Å²) in [5, 5.41) is 2.70. The molecule has 1 aliphatic heterocycles. The zero-order valence-corrected chi connectivity index (χ0v) is 12.3. The minimum absolute atomic E-state index is 0.0434. The van der Waals surface area contributed by atoms with Gasteiger partial charge in [0.05, 0.1) is 11.5 Å². The molecule has 2 rings (SSSR count). The van der Waals surface area contributed by atoms with Gasteiger partial charge in [0, 0.05) is 29.9 Å². The van der Waals surface area contributed by atoms with Gasteiger partial charge in [-0.25, -0.2) is 8.42 Å². The Kier molecular flexibility index (Phi) is 4.52. The average Bonchev–Trinajstić information content (AvgIpc) is 2.80. The second-order valence-electron chi connectivity index (χ2n) is 4.28. The molecule has 1 N–H and O–H groups in total. The molecule has 110 valence electrons. The predicted molar refractivity (Wildman–Crippen MR) is 72.6 cm³/mol. The van der Waals surface area contributed by atoms with Crippen molar-refractivity contribution < 1.29 is 22.7 Å². The van der Waals surface area contributed by atoms with Crippen molar-refractivity contribution in [3.8, 4) is 5.75 Å². The summed E-state index contributed by atoms with van der Waals surface area (Å²) in [7, 11) is 3.01. The molecule has 0 spiro atoms. The van der Waals surface area contributed by atoms with Crippen molar-refractivity contribution in [1.29, 1.82) is 0 Å². The molecule has 0 fully saturated rings. The highest BCUT2D eigenvalue weighted by Crippen LogP contribution is 2.36. The summed E-state index contributed by atoms with van der Waals surface area (Å²) >= 11 is 0. The number of methoxy groups -OCH3 is 1. The number of carbonyl (C=O) groups is 1. The van der Waals surface area contributed by atoms with Crippen LogP contribution in [0.25, 0.3) is 0 Å². The van der Waals surface area contributed by atoms with E-state index >= 15 is 0 Å². The number of ether oxygens (including phenoxy) is 2. The van der Waals surface area contributed by atoms with Gasteiger partial charge in [0.25, 0.3) is 9.05 Å². The largest absolute Gasteiger partial charge is 0.492 e. The van der Waals surface area contributed by atoms with Gasteiger partial charge in [-0.1, -0.05) is 0 Å². The molecule has 8 heteroatoms. The Bertz CT molecular complexity index is 616. The maximum atomic E-state index is 12.0. The summed E-state index contributed by atoms with van der Waals surface area (Å²) in [6.07, 6.45) is 0. The molecule has 1 aromatic carbocycles. The van der Waals surface area contributed by atoms with Crippen LogP contribution >= 0.6 is 10.7 Å². The maximum Gasteiger partial charge on any atom is 0.261 e. The van der Waals surface area contributed by atoms with Crippen LogP contribution in [-0.4, -0.2) is 41.2 Å². The Labute approximate surface area is 121 Å². The van der Waals surface area contributed by atoms with Gasteiger partial charge in [0.15, 0.2) is 0 Å². The lowest BCUT2D eigenvalue weighted by molar-refractivity contribution is -0.122. The van der Waals surface area contributed by atoms with Gasteiger partial charge < -0.3 is 14.8 Å². The second-order valence-corrected chi connectivity index (χ2v) is 6.85. The molecule has 1 aliphatic rings. The number of benzene rings is 1. The van der Waals surface area contributed by atoms with Crippen molar-refractivity contribution in [2.24, 2.45) is 0 Å². The Hall–Kier alpha value is -1.31. The lowest BCUT2D eigenvalue weighted by Gasteiger charge is -2.10. The summed E-state index contributed by atoms with van der Waals surface area (Å²) in [6.45, 7) is 0.969. The molecule has 1 aromatic rings. The summed E-state index contributed by atoms with van der Waals surface area (Å²) in [4.78, 5) is 12.0. The maximum absolute atomic E-state index is 12.0. The first kappa shape index (κ1) is 15.1. The van der Waals surface area contributed by atoms with Crippen molar-refractivity contribution in [1.82, 2.24) is 5.32 Å². The van der Waals surface area contributed by atoms with E-state index in [9.17, 15) is 13.2 Å². The van der Waals surface area contributed by atoms with Gasteiger partial charge in [-0.2, -0.15) is 0 Å². The third-order valence-corrected chi connectivity index (χ3v) is 4.32. The zero-order chi connectivity index (χ0) is 14.8. The van der Waals surface area contributed by atoms with Gasteiger partial charge >= 0.3 is 0 Å². The molecule has 0 aromatic heterocycles. The fraction of sp³-hybridized carbons (Fsp3) is 0.417. The molecule has 1 amide bonds. The SMILES string of the molecule is COCCNC(=O)C1COc2ccc(S(=O)(=O)Cl)cc21. The van der Waals surface area contributed by atoms with E-state index in [0.717, 1.165) is 0 Å². The van der Waals surface area contributed by atoms with E-state index in [4.69, 9.17) is 20.2 Å². The van der Waals surface area contributed by atoms with Crippen LogP contribution in [0.2, 0.25) is 0 Å². The topological polar surface area (TPSA) is 81.7 Å². The Morgan fingerprint density at radius 1 is 1.55 bits per heavy atom. The van der Waals surface area contributed by atoms with Crippen molar-refractivity contribution in [3.63, 3.8) is 0 Å². The molecule has 0 saturated heterocycles. The number of nitrogens with one attached hydrogen (secondary N) is 1. The van der Waals surface area contributed by atoms with Crippen molar-refractivity contribution in [3.05, 3.63) is 23.8 Å². The standard InChI is InChI=1S/C12H14ClNO5S/c1-18-5-4-14-12(15)10-7-19-11-3-2-8(6-9(10)11)20(13,16)17/h2-3,6,10H,4-5,7H2,1H3,(H,14,15). The van der Waals surface area contributed by atoms with Crippen LogP contribution in [0.4, 0.5) is 0 Å². The van der Waals surface area contributed by atoms with Crippen LogP contribution in [0.5, 0.6) is 5.75 Å². The number of fused-ring (bicyclic) bond motifs is 1. The zero-order valence-electron chi connectivity index (χ0n) is 10.8. The molecular weight excluding hydrogens is 306 g/mol. The first-order valence-corrected chi connectivity index (χ1v) is 8.22. The molecule has 1 heterocycles. The van der Waals surface area contributed by atoms with Crippen LogP contribution in [0.3, 0.4) is 0 Å². The Balaban J connectivity index is 2.20. The minimum Gasteiger partial charge on any atom is -0.492 e. The summed E-state index contributed by atoms with van der Waals surface area (Å²) in [5.41, 5.74) is 0.529. The van der Waals surface area contributed by atoms with E-state index in [0.29, 0.717) is 24.5 Å². The highest BCUT2D eigenvalue weighted by atomic mass is 35.7. The highest BCUT2D eigenvalue weighted by Gasteiger charge is 2.31. The lowest BCUT2D eigenvalue weighted by Crippen LogP contribution is -2.32. The third kappa shape index (κ3) is 3.23. The Morgan fingerprint density at radius 3 is 2.95 bits per heavy atom. The normalized spacial score (nSPS) is 17.4. The highest BCUT2D eigenvalue weighted by molar-refractivity contribution is 8.13. The molecule has 20 heavy (non-hydrogen) atoms. The van der Waals surface area contributed by atoms with E-state index in [-0.39, 0.29) is 17.4 Å². The Morgan fingerprint density at radius 2 is 2.30 bits per heavy atom. The van der Waals surface area contributed by atoms with Gasteiger partial charge in [-0.15, -0.1) is 0 Å². The molecule has 0 saturated carbocycles. The summed E-state index contributed by atoms with van der Waals surface area (Å²) in [6, 6.07) is 4.24. The minimum atomic E-state index is -3.83. The summed E-state index contributed by atoms with van der Waals surface area (Å²) in [5.74, 6) is -0.272. The van der Waals surface area contributed by atoms with Crippen LogP contribution in [0.15, 0.2) is 23.1 Å². The molecule has 1 atom stereocenters. The van der Waals surface area contributed by atoms with E-state index in [1.54, 1.807) is 0 Å². The molecule has 6 nitrogen and oxygen atoms in total. The van der Waals surface area contributed by atoms with Gasteiger partial charge in [0.1, 0.15) is 18.3 Å². The van der Waals surface area contributed by atoms with Crippen LogP contribution in [-0.2, 0) is 18.6 Å². The molecule has 0 radical (unpaired) electrons. The van der Waals surface area contributed by atoms with Crippen molar-refractivity contribution >= 4 is 25.6 Å². The quantitative estimate of drug-likeness (QED) is 0.643.